The van der Waals surface area contributed by atoms with Crippen molar-refractivity contribution in [2.45, 2.75) is 12.4 Å². The zero-order valence-electron chi connectivity index (χ0n) is 17.1. The Labute approximate surface area is 192 Å². The fourth-order valence-electron chi connectivity index (χ4n) is 4.49. The molecule has 0 saturated carbocycles. The fourth-order valence-corrected chi connectivity index (χ4v) is 4.49. The van der Waals surface area contributed by atoms with Crippen LogP contribution in [0.3, 0.4) is 0 Å². The van der Waals surface area contributed by atoms with E-state index < -0.39 is 45.6 Å². The maximum Gasteiger partial charge on any atom is 0.418 e. The van der Waals surface area contributed by atoms with Crippen molar-refractivity contribution in [3.63, 3.8) is 0 Å². The number of rotatable bonds is 0. The van der Waals surface area contributed by atoms with Gasteiger partial charge in [0.15, 0.2) is 17.0 Å². The molecule has 0 aliphatic carbocycles. The lowest BCUT2D eigenvalue weighted by Gasteiger charge is -2.12. The van der Waals surface area contributed by atoms with E-state index in [0.717, 1.165) is 10.5 Å². The lowest BCUT2D eigenvalue weighted by Crippen LogP contribution is -2.12. The SMILES string of the molecule is N#Cc1nc2c3cc4c(=O)n5c6cc(C(F)(F)F)cc(C(F)(F)F)c6nc5c4cc3c(=O)n2c1C#N. The maximum atomic E-state index is 13.6. The molecule has 6 aromatic rings. The van der Waals surface area contributed by atoms with Crippen molar-refractivity contribution in [3.8, 4) is 12.1 Å². The lowest BCUT2D eigenvalue weighted by molar-refractivity contribution is -0.142. The third kappa shape index (κ3) is 2.52. The summed E-state index contributed by atoms with van der Waals surface area (Å²) in [6, 6.07) is 6.08. The van der Waals surface area contributed by atoms with Crippen LogP contribution in [0.15, 0.2) is 33.9 Å². The Morgan fingerprint density at radius 3 is 1.83 bits per heavy atom. The third-order valence-electron chi connectivity index (χ3n) is 5.99. The first-order valence-corrected chi connectivity index (χ1v) is 9.78. The zero-order valence-corrected chi connectivity index (χ0v) is 17.1. The molecule has 8 nitrogen and oxygen atoms in total. The average Bonchev–Trinajstić information content (AvgIpc) is 3.50. The molecular weight excluding hydrogens is 494 g/mol. The van der Waals surface area contributed by atoms with Gasteiger partial charge in [-0.2, -0.15) is 36.9 Å². The predicted molar refractivity (Wildman–Crippen MR) is 111 cm³/mol. The molecule has 0 unspecified atom stereocenters. The van der Waals surface area contributed by atoms with Gasteiger partial charge in [-0.1, -0.05) is 0 Å². The van der Waals surface area contributed by atoms with Gasteiger partial charge in [0, 0.05) is 10.8 Å². The molecule has 2 aromatic carbocycles. The highest BCUT2D eigenvalue weighted by molar-refractivity contribution is 6.10. The quantitative estimate of drug-likeness (QED) is 0.294. The fraction of sp³-hybridized carbons (Fsp3) is 0.0909. The summed E-state index contributed by atoms with van der Waals surface area (Å²) in [5, 5.41) is 18.3. The van der Waals surface area contributed by atoms with Crippen LogP contribution < -0.4 is 11.1 Å². The summed E-state index contributed by atoms with van der Waals surface area (Å²) in [6.45, 7) is 0. The number of hydrogen-bond donors (Lipinski definition) is 0. The minimum absolute atomic E-state index is 0.0716. The first-order valence-electron chi connectivity index (χ1n) is 9.78. The molecule has 36 heavy (non-hydrogen) atoms. The monoisotopic (exact) mass is 498 g/mol. The molecular formula is C22H4F6N6O2. The number of imidazole rings is 2. The van der Waals surface area contributed by atoms with Crippen molar-refractivity contribution in [2.24, 2.45) is 0 Å². The smallest absolute Gasteiger partial charge is 0.268 e. The molecule has 0 atom stereocenters. The van der Waals surface area contributed by atoms with Crippen LogP contribution in [0.25, 0.3) is 43.9 Å². The van der Waals surface area contributed by atoms with Gasteiger partial charge in [0.05, 0.1) is 27.4 Å². The third-order valence-corrected chi connectivity index (χ3v) is 5.99. The first kappa shape index (κ1) is 21.5. The molecule has 0 aliphatic heterocycles. The minimum Gasteiger partial charge on any atom is -0.268 e. The molecule has 0 aliphatic rings. The average molecular weight is 498 g/mol. The van der Waals surface area contributed by atoms with Gasteiger partial charge < -0.3 is 0 Å². The van der Waals surface area contributed by atoms with Gasteiger partial charge in [-0.05, 0) is 24.3 Å². The molecule has 0 spiro atoms. The number of nitrogens with zero attached hydrogens (tertiary/aromatic N) is 6. The van der Waals surface area contributed by atoms with E-state index in [1.807, 2.05) is 0 Å². The highest BCUT2D eigenvalue weighted by Crippen LogP contribution is 2.40. The molecule has 176 valence electrons. The van der Waals surface area contributed by atoms with Gasteiger partial charge in [-0.3, -0.25) is 14.0 Å². The Kier molecular flexibility index (Phi) is 3.81. The normalized spacial score (nSPS) is 12.9. The number of benzene rings is 2. The molecule has 14 heteroatoms. The van der Waals surface area contributed by atoms with E-state index in [1.54, 1.807) is 12.1 Å². The number of halogens is 6. The minimum atomic E-state index is -5.20. The Hall–Kier alpha value is -4.98. The summed E-state index contributed by atoms with van der Waals surface area (Å²) in [5.74, 6) is 0. The number of nitriles is 2. The molecule has 0 radical (unpaired) electrons. The second-order valence-corrected chi connectivity index (χ2v) is 7.90. The molecule has 0 saturated heterocycles. The van der Waals surface area contributed by atoms with E-state index in [9.17, 15) is 46.5 Å². The second kappa shape index (κ2) is 6.37. The largest absolute Gasteiger partial charge is 0.418 e. The molecule has 0 N–H and O–H groups in total. The Balaban J connectivity index is 1.81. The van der Waals surface area contributed by atoms with E-state index in [4.69, 9.17) is 0 Å². The van der Waals surface area contributed by atoms with Crippen molar-refractivity contribution in [3.05, 3.63) is 67.5 Å². The molecule has 0 bridgehead atoms. The van der Waals surface area contributed by atoms with Crippen LogP contribution >= 0.6 is 0 Å². The van der Waals surface area contributed by atoms with Crippen LogP contribution in [0.5, 0.6) is 0 Å². The van der Waals surface area contributed by atoms with Gasteiger partial charge in [0.1, 0.15) is 23.3 Å². The Morgan fingerprint density at radius 1 is 0.722 bits per heavy atom. The number of hydrogen-bond acceptors (Lipinski definition) is 6. The standard InChI is InChI=1S/C22H4F6N6O2/c23-21(24,25)7-1-12(22(26,27)28)16-14(2-7)33-18(32-16)9-4-10-8(3-11(9)19(33)35)17-31-13(5-29)15(6-30)34(17)20(10)36/h1-4H. The van der Waals surface area contributed by atoms with Crippen molar-refractivity contribution < 1.29 is 26.3 Å². The molecule has 4 heterocycles. The number of aromatic nitrogens is 4. The van der Waals surface area contributed by atoms with Crippen LogP contribution in [0.2, 0.25) is 0 Å². The van der Waals surface area contributed by atoms with Crippen LogP contribution in [0.1, 0.15) is 22.5 Å². The van der Waals surface area contributed by atoms with Gasteiger partial charge in [0.2, 0.25) is 0 Å². The van der Waals surface area contributed by atoms with Crippen LogP contribution in [-0.4, -0.2) is 18.8 Å². The van der Waals surface area contributed by atoms with Gasteiger partial charge in [-0.15, -0.1) is 0 Å². The zero-order chi connectivity index (χ0) is 25.9. The Morgan fingerprint density at radius 2 is 1.31 bits per heavy atom. The highest BCUT2D eigenvalue weighted by atomic mass is 19.4. The number of alkyl halides is 6. The van der Waals surface area contributed by atoms with Crippen molar-refractivity contribution in [1.29, 1.82) is 10.5 Å². The summed E-state index contributed by atoms with van der Waals surface area (Å²) in [4.78, 5) is 34.0. The van der Waals surface area contributed by atoms with E-state index in [-0.39, 0.29) is 50.3 Å². The summed E-state index contributed by atoms with van der Waals surface area (Å²) in [5.41, 5.74) is -7.67. The van der Waals surface area contributed by atoms with Crippen LogP contribution in [0, 0.1) is 22.7 Å². The van der Waals surface area contributed by atoms with E-state index >= 15 is 0 Å². The van der Waals surface area contributed by atoms with Crippen molar-refractivity contribution in [1.82, 2.24) is 18.8 Å². The van der Waals surface area contributed by atoms with Crippen LogP contribution in [-0.2, 0) is 12.4 Å². The van der Waals surface area contributed by atoms with Crippen molar-refractivity contribution in [2.75, 3.05) is 0 Å². The maximum absolute atomic E-state index is 13.6. The Bertz CT molecular complexity index is 2140. The highest BCUT2D eigenvalue weighted by Gasteiger charge is 2.40. The van der Waals surface area contributed by atoms with Crippen LogP contribution in [0.4, 0.5) is 26.3 Å². The second-order valence-electron chi connectivity index (χ2n) is 7.90. The summed E-state index contributed by atoms with van der Waals surface area (Å²) in [7, 11) is 0. The van der Waals surface area contributed by atoms with E-state index in [0.29, 0.717) is 10.5 Å². The molecule has 4 aromatic heterocycles. The van der Waals surface area contributed by atoms with E-state index in [1.165, 1.54) is 6.07 Å². The van der Waals surface area contributed by atoms with Gasteiger partial charge in [0.25, 0.3) is 11.1 Å². The molecule has 0 fully saturated rings. The predicted octanol–water partition coefficient (Wildman–Crippen LogP) is 3.82. The van der Waals surface area contributed by atoms with Gasteiger partial charge >= 0.3 is 12.4 Å². The molecule has 6 rings (SSSR count). The van der Waals surface area contributed by atoms with Crippen molar-refractivity contribution >= 4 is 43.9 Å². The van der Waals surface area contributed by atoms with E-state index in [2.05, 4.69) is 9.97 Å². The first-order chi connectivity index (χ1) is 16.9. The molecule has 0 amide bonds. The topological polar surface area (TPSA) is 116 Å². The summed E-state index contributed by atoms with van der Waals surface area (Å²) < 4.78 is 82.5. The summed E-state index contributed by atoms with van der Waals surface area (Å²) >= 11 is 0. The summed E-state index contributed by atoms with van der Waals surface area (Å²) in [6.07, 6.45) is -10.3. The number of fused-ring (bicyclic) bond motifs is 8. The lowest BCUT2D eigenvalue weighted by atomic mass is 10.1. The van der Waals surface area contributed by atoms with Gasteiger partial charge in [-0.25, -0.2) is 14.4 Å².